The van der Waals surface area contributed by atoms with Crippen molar-refractivity contribution in [2.24, 2.45) is 0 Å². The summed E-state index contributed by atoms with van der Waals surface area (Å²) in [6, 6.07) is 0. The highest BCUT2D eigenvalue weighted by Gasteiger charge is 2.85. The van der Waals surface area contributed by atoms with Gasteiger partial charge >= 0.3 is 35.5 Å². The van der Waals surface area contributed by atoms with Crippen molar-refractivity contribution in [2.75, 3.05) is 13.3 Å². The van der Waals surface area contributed by atoms with E-state index in [0.717, 1.165) is 0 Å². The average Bonchev–Trinajstić information content (AvgIpc) is 2.67. The zero-order chi connectivity index (χ0) is 26.9. The van der Waals surface area contributed by atoms with E-state index < -0.39 is 73.4 Å². The van der Waals surface area contributed by atoms with Crippen molar-refractivity contribution >= 4 is 0 Å². The van der Waals surface area contributed by atoms with Crippen molar-refractivity contribution in [1.82, 2.24) is 0 Å². The highest BCUT2D eigenvalue weighted by Crippen LogP contribution is 2.59. The van der Waals surface area contributed by atoms with Crippen LogP contribution >= 0.6 is 0 Å². The van der Waals surface area contributed by atoms with Gasteiger partial charge in [0.05, 0.1) is 0 Å². The molecule has 0 spiro atoms. The zero-order valence-corrected chi connectivity index (χ0v) is 15.9. The van der Waals surface area contributed by atoms with E-state index in [0.29, 0.717) is 0 Å². The van der Waals surface area contributed by atoms with E-state index in [2.05, 4.69) is 17.9 Å². The van der Waals surface area contributed by atoms with E-state index in [9.17, 15) is 70.2 Å². The van der Waals surface area contributed by atoms with Gasteiger partial charge in [-0.05, 0) is 0 Å². The fourth-order valence-electron chi connectivity index (χ4n) is 2.19. The Bertz CT molecular complexity index is 647. The molecule has 0 N–H and O–H groups in total. The molecule has 0 aromatic carbocycles. The van der Waals surface area contributed by atoms with Crippen molar-refractivity contribution in [1.29, 1.82) is 0 Å². The first-order valence-corrected chi connectivity index (χ1v) is 8.14. The topological polar surface area (TPSA) is 9.23 Å². The third-order valence-electron chi connectivity index (χ3n) is 4.12. The maximum atomic E-state index is 14.8. The van der Waals surface area contributed by atoms with E-state index in [1.165, 1.54) is 0 Å². The molecule has 0 radical (unpaired) electrons. The summed E-state index contributed by atoms with van der Waals surface area (Å²) in [6.07, 6.45) is -5.80. The van der Waals surface area contributed by atoms with Crippen LogP contribution in [0.4, 0.5) is 70.2 Å². The summed E-state index contributed by atoms with van der Waals surface area (Å²) in [5, 5.41) is 0. The summed E-state index contributed by atoms with van der Waals surface area (Å²) in [5.41, 5.74) is 0. The lowest BCUT2D eigenvalue weighted by Gasteiger charge is -2.45. The molecule has 0 aliphatic heterocycles. The monoisotopic (exact) mass is 526 g/mol. The first-order valence-electron chi connectivity index (χ1n) is 8.14. The van der Waals surface area contributed by atoms with Crippen molar-refractivity contribution in [3.05, 3.63) is 25.3 Å². The number of halogens is 16. The van der Waals surface area contributed by atoms with Crippen LogP contribution in [0.15, 0.2) is 25.3 Å². The van der Waals surface area contributed by atoms with Crippen molar-refractivity contribution in [2.45, 2.75) is 60.1 Å². The lowest BCUT2D eigenvalue weighted by Crippen LogP contribution is -2.70. The lowest BCUT2D eigenvalue weighted by molar-refractivity contribution is -0.459. The molecule has 0 aliphatic rings. The van der Waals surface area contributed by atoms with Gasteiger partial charge in [-0.25, -0.2) is 17.6 Å². The number of ether oxygens (including phenoxy) is 1. The molecule has 17 heteroatoms. The average molecular weight is 526 g/mol. The Kier molecular flexibility index (Phi) is 8.70. The minimum Gasteiger partial charge on any atom is -0.297 e. The Morgan fingerprint density at radius 3 is 0.909 bits per heavy atom. The summed E-state index contributed by atoms with van der Waals surface area (Å²) >= 11 is 0. The Morgan fingerprint density at radius 2 is 0.727 bits per heavy atom. The summed E-state index contributed by atoms with van der Waals surface area (Å²) in [6.45, 7) is -2.30. The number of hydrogen-bond donors (Lipinski definition) is 0. The van der Waals surface area contributed by atoms with Crippen molar-refractivity contribution in [3.8, 4) is 0 Å². The zero-order valence-electron chi connectivity index (χ0n) is 15.9. The van der Waals surface area contributed by atoms with Gasteiger partial charge in [-0.3, -0.25) is 4.74 Å². The predicted octanol–water partition coefficient (Wildman–Crippen LogP) is 7.24. The number of alkyl halides is 16. The molecule has 0 bridgehead atoms. The molecule has 2 unspecified atom stereocenters. The SMILES string of the molecule is C=CCC(F)(OC(F)(CC=C)C(F)(F)C(F)(F)C(F)(F)CF)C(F)(F)C(F)(F)C(F)(F)CF. The summed E-state index contributed by atoms with van der Waals surface area (Å²) in [5.74, 6) is -54.0. The van der Waals surface area contributed by atoms with Crippen LogP contribution in [0.5, 0.6) is 0 Å². The smallest absolute Gasteiger partial charge is 0.297 e. The van der Waals surface area contributed by atoms with Gasteiger partial charge < -0.3 is 0 Å². The molecule has 0 aromatic rings. The largest absolute Gasteiger partial charge is 0.380 e. The first kappa shape index (κ1) is 31.3. The van der Waals surface area contributed by atoms with E-state index in [1.807, 2.05) is 0 Å². The molecule has 33 heavy (non-hydrogen) atoms. The van der Waals surface area contributed by atoms with Gasteiger partial charge in [0.2, 0.25) is 0 Å². The fraction of sp³-hybridized carbons (Fsp3) is 0.750. The Morgan fingerprint density at radius 1 is 0.485 bits per heavy atom. The van der Waals surface area contributed by atoms with Gasteiger partial charge in [-0.15, -0.1) is 13.2 Å². The van der Waals surface area contributed by atoms with Crippen LogP contribution in [0.25, 0.3) is 0 Å². The van der Waals surface area contributed by atoms with Gasteiger partial charge in [0.1, 0.15) is 0 Å². The summed E-state index contributed by atoms with van der Waals surface area (Å²) < 4.78 is 220. The molecule has 0 amide bonds. The Hall–Kier alpha value is -1.68. The van der Waals surface area contributed by atoms with Crippen molar-refractivity contribution < 1.29 is 75.0 Å². The molecule has 2 atom stereocenters. The fourth-order valence-corrected chi connectivity index (χ4v) is 2.19. The second-order valence-corrected chi connectivity index (χ2v) is 6.52. The molecule has 196 valence electrons. The van der Waals surface area contributed by atoms with E-state index in [4.69, 9.17) is 0 Å². The predicted molar refractivity (Wildman–Crippen MR) is 80.0 cm³/mol. The molecule has 0 aliphatic carbocycles. The Balaban J connectivity index is 6.98. The quantitative estimate of drug-likeness (QED) is 0.171. The van der Waals surface area contributed by atoms with Crippen molar-refractivity contribution in [3.63, 3.8) is 0 Å². The van der Waals surface area contributed by atoms with Crippen LogP contribution in [-0.2, 0) is 4.74 Å². The van der Waals surface area contributed by atoms with E-state index in [1.54, 1.807) is 0 Å². The van der Waals surface area contributed by atoms with Crippen LogP contribution in [-0.4, -0.2) is 60.6 Å². The van der Waals surface area contributed by atoms with Crippen LogP contribution in [0, 0.1) is 0 Å². The minimum atomic E-state index is -7.19. The Labute approximate surface area is 175 Å². The standard InChI is InChI=1S/C16H14F16O/c1-3-5-11(23,15(29,30)13(25,26)9(19,20)7-17)33-12(24,6-4-2)16(31,32)14(27,28)10(21,22)8-18/h3-4H,1-2,5-8H2. The molecule has 0 saturated carbocycles. The lowest BCUT2D eigenvalue weighted by atomic mass is 9.92. The van der Waals surface area contributed by atoms with Gasteiger partial charge in [-0.2, -0.15) is 52.7 Å². The van der Waals surface area contributed by atoms with E-state index >= 15 is 0 Å². The van der Waals surface area contributed by atoms with Crippen LogP contribution in [0.2, 0.25) is 0 Å². The summed E-state index contributed by atoms with van der Waals surface area (Å²) in [7, 11) is 0. The molecule has 0 saturated heterocycles. The highest BCUT2D eigenvalue weighted by atomic mass is 19.4. The molecular weight excluding hydrogens is 512 g/mol. The summed E-state index contributed by atoms with van der Waals surface area (Å²) in [4.78, 5) is 0. The van der Waals surface area contributed by atoms with Gasteiger partial charge in [0, 0.05) is 12.8 Å². The molecule has 0 fully saturated rings. The third kappa shape index (κ3) is 4.65. The van der Waals surface area contributed by atoms with Gasteiger partial charge in [0.15, 0.2) is 13.3 Å². The maximum Gasteiger partial charge on any atom is 0.380 e. The second-order valence-electron chi connectivity index (χ2n) is 6.52. The van der Waals surface area contributed by atoms with E-state index in [-0.39, 0.29) is 12.2 Å². The molecule has 0 aromatic heterocycles. The molecule has 0 rings (SSSR count). The minimum absolute atomic E-state index is 0.279. The molecule has 1 nitrogen and oxygen atoms in total. The van der Waals surface area contributed by atoms with Crippen LogP contribution < -0.4 is 0 Å². The first-order chi connectivity index (χ1) is 14.4. The normalized spacial score (nSPS) is 18.4. The molecular formula is C16H14F16O. The highest BCUT2D eigenvalue weighted by molar-refractivity contribution is 5.10. The number of rotatable bonds is 14. The maximum absolute atomic E-state index is 14.8. The number of hydrogen-bond acceptors (Lipinski definition) is 1. The second kappa shape index (κ2) is 9.17. The van der Waals surface area contributed by atoms with Gasteiger partial charge in [0.25, 0.3) is 11.7 Å². The molecule has 0 heterocycles. The van der Waals surface area contributed by atoms with Gasteiger partial charge in [-0.1, -0.05) is 12.2 Å². The third-order valence-corrected chi connectivity index (χ3v) is 4.12. The van der Waals surface area contributed by atoms with Crippen LogP contribution in [0.1, 0.15) is 12.8 Å². The van der Waals surface area contributed by atoms with Crippen LogP contribution in [0.3, 0.4) is 0 Å².